The van der Waals surface area contributed by atoms with Gasteiger partial charge in [0.1, 0.15) is 18.5 Å². The third kappa shape index (κ3) is 4.93. The Bertz CT molecular complexity index is 1150. The van der Waals surface area contributed by atoms with E-state index in [-0.39, 0.29) is 25.1 Å². The van der Waals surface area contributed by atoms with Crippen molar-refractivity contribution < 1.29 is 14.7 Å². The zero-order valence-corrected chi connectivity index (χ0v) is 18.8. The largest absolute Gasteiger partial charge is 0.376 e. The molecule has 172 valence electrons. The van der Waals surface area contributed by atoms with Crippen molar-refractivity contribution in [2.24, 2.45) is 5.73 Å². The van der Waals surface area contributed by atoms with Crippen LogP contribution in [0.25, 0.3) is 11.1 Å². The van der Waals surface area contributed by atoms with Crippen LogP contribution < -0.4 is 11.1 Å². The number of aliphatic hydroxyl groups excluding tert-OH is 1. The van der Waals surface area contributed by atoms with Crippen LogP contribution in [0.1, 0.15) is 34.5 Å². The number of amides is 2. The topological polar surface area (TPSA) is 113 Å². The summed E-state index contributed by atoms with van der Waals surface area (Å²) in [5, 5.41) is 13.3. The minimum absolute atomic E-state index is 0.222. The van der Waals surface area contributed by atoms with Crippen LogP contribution in [0.5, 0.6) is 0 Å². The first-order chi connectivity index (χ1) is 16.0. The molecule has 0 aliphatic carbocycles. The number of nitrogens with zero attached hydrogens (tertiary/aromatic N) is 3. The summed E-state index contributed by atoms with van der Waals surface area (Å²) in [4.78, 5) is 32.0. The highest BCUT2D eigenvalue weighted by molar-refractivity contribution is 6.30. The molecule has 0 saturated carbocycles. The standard InChI is InChI=1S/C24H26ClN5O3/c25-20-4-3-17(12-26)18(10-20)13-28-23(32)21-2-1-9-30(21)24(33)22-11-19(14-29(22)15-31)16-5-7-27-8-6-16/h3-8,10-11,14,21,31H,1-2,9,12-13,15,26H2,(H,28,32). The van der Waals surface area contributed by atoms with Gasteiger partial charge in [-0.3, -0.25) is 14.6 Å². The number of nitrogens with one attached hydrogen (secondary N) is 1. The van der Waals surface area contributed by atoms with Gasteiger partial charge in [-0.2, -0.15) is 0 Å². The number of carbonyl (C=O) groups is 2. The summed E-state index contributed by atoms with van der Waals surface area (Å²) >= 11 is 6.09. The van der Waals surface area contributed by atoms with E-state index in [0.29, 0.717) is 30.2 Å². The maximum absolute atomic E-state index is 13.4. The van der Waals surface area contributed by atoms with E-state index >= 15 is 0 Å². The Morgan fingerprint density at radius 3 is 2.67 bits per heavy atom. The Morgan fingerprint density at radius 1 is 1.15 bits per heavy atom. The molecule has 1 aromatic carbocycles. The van der Waals surface area contributed by atoms with Gasteiger partial charge in [-0.25, -0.2) is 0 Å². The summed E-state index contributed by atoms with van der Waals surface area (Å²) in [6.45, 7) is 0.759. The molecular weight excluding hydrogens is 442 g/mol. The number of aromatic nitrogens is 2. The molecule has 1 aliphatic rings. The lowest BCUT2D eigenvalue weighted by molar-refractivity contribution is -0.125. The number of aliphatic hydroxyl groups is 1. The van der Waals surface area contributed by atoms with E-state index in [1.54, 1.807) is 41.7 Å². The predicted molar refractivity (Wildman–Crippen MR) is 125 cm³/mol. The molecule has 9 heteroatoms. The zero-order chi connectivity index (χ0) is 23.4. The number of carbonyl (C=O) groups excluding carboxylic acids is 2. The number of rotatable bonds is 7. The lowest BCUT2D eigenvalue weighted by Crippen LogP contribution is -2.46. The van der Waals surface area contributed by atoms with Gasteiger partial charge in [0.05, 0.1) is 0 Å². The number of pyridine rings is 1. The SMILES string of the molecule is NCc1ccc(Cl)cc1CNC(=O)C1CCCN1C(=O)c1cc(-c2ccncc2)cn1CO. The summed E-state index contributed by atoms with van der Waals surface area (Å²) < 4.78 is 1.49. The first kappa shape index (κ1) is 23.0. The van der Waals surface area contributed by atoms with Crippen LogP contribution in [0, 0.1) is 0 Å². The minimum Gasteiger partial charge on any atom is -0.376 e. The molecule has 1 saturated heterocycles. The monoisotopic (exact) mass is 467 g/mol. The fourth-order valence-electron chi connectivity index (χ4n) is 4.20. The van der Waals surface area contributed by atoms with Crippen LogP contribution in [0.3, 0.4) is 0 Å². The summed E-state index contributed by atoms with van der Waals surface area (Å²) in [6.07, 6.45) is 6.37. The van der Waals surface area contributed by atoms with E-state index in [0.717, 1.165) is 28.7 Å². The van der Waals surface area contributed by atoms with Crippen LogP contribution in [0.2, 0.25) is 5.02 Å². The summed E-state index contributed by atoms with van der Waals surface area (Å²) in [7, 11) is 0. The average Bonchev–Trinajstić information content (AvgIpc) is 3.50. The molecule has 1 fully saturated rings. The molecule has 3 aromatic rings. The number of nitrogens with two attached hydrogens (primary N) is 1. The molecule has 0 radical (unpaired) electrons. The van der Waals surface area contributed by atoms with Gasteiger partial charge in [0.2, 0.25) is 5.91 Å². The van der Waals surface area contributed by atoms with Crippen molar-refractivity contribution >= 4 is 23.4 Å². The van der Waals surface area contributed by atoms with E-state index < -0.39 is 6.04 Å². The Morgan fingerprint density at radius 2 is 1.94 bits per heavy atom. The highest BCUT2D eigenvalue weighted by Crippen LogP contribution is 2.26. The Balaban J connectivity index is 1.50. The maximum Gasteiger partial charge on any atom is 0.271 e. The second-order valence-corrected chi connectivity index (χ2v) is 8.39. The van der Waals surface area contributed by atoms with Crippen LogP contribution in [-0.2, 0) is 24.6 Å². The highest BCUT2D eigenvalue weighted by atomic mass is 35.5. The molecule has 3 heterocycles. The predicted octanol–water partition coefficient (Wildman–Crippen LogP) is 2.53. The van der Waals surface area contributed by atoms with E-state index in [9.17, 15) is 14.7 Å². The van der Waals surface area contributed by atoms with Gasteiger partial charge in [0.15, 0.2) is 0 Å². The molecule has 4 rings (SSSR count). The lowest BCUT2D eigenvalue weighted by Gasteiger charge is -2.24. The molecule has 1 atom stereocenters. The van der Waals surface area contributed by atoms with Crippen molar-refractivity contribution in [1.82, 2.24) is 19.8 Å². The van der Waals surface area contributed by atoms with Crippen LogP contribution in [0.4, 0.5) is 0 Å². The number of likely N-dealkylation sites (tertiary alicyclic amines) is 1. The van der Waals surface area contributed by atoms with Gasteiger partial charge in [0, 0.05) is 48.8 Å². The van der Waals surface area contributed by atoms with Crippen molar-refractivity contribution in [3.8, 4) is 11.1 Å². The van der Waals surface area contributed by atoms with Gasteiger partial charge in [-0.1, -0.05) is 17.7 Å². The molecule has 1 unspecified atom stereocenters. The fourth-order valence-corrected chi connectivity index (χ4v) is 4.39. The maximum atomic E-state index is 13.4. The molecule has 33 heavy (non-hydrogen) atoms. The van der Waals surface area contributed by atoms with Crippen molar-refractivity contribution in [3.63, 3.8) is 0 Å². The smallest absolute Gasteiger partial charge is 0.271 e. The van der Waals surface area contributed by atoms with Crippen LogP contribution >= 0.6 is 11.6 Å². The highest BCUT2D eigenvalue weighted by Gasteiger charge is 2.35. The first-order valence-corrected chi connectivity index (χ1v) is 11.2. The third-order valence-corrected chi connectivity index (χ3v) is 6.17. The number of hydrogen-bond donors (Lipinski definition) is 3. The quantitative estimate of drug-likeness (QED) is 0.494. The molecule has 4 N–H and O–H groups in total. The molecular formula is C24H26ClN5O3. The fraction of sp³-hybridized carbons (Fsp3) is 0.292. The third-order valence-electron chi connectivity index (χ3n) is 5.94. The molecule has 1 aliphatic heterocycles. The zero-order valence-electron chi connectivity index (χ0n) is 18.1. The van der Waals surface area contributed by atoms with Crippen LogP contribution in [0.15, 0.2) is 55.0 Å². The average molecular weight is 468 g/mol. The molecule has 8 nitrogen and oxygen atoms in total. The molecule has 0 bridgehead atoms. The van der Waals surface area contributed by atoms with Crippen LogP contribution in [-0.4, -0.2) is 44.0 Å². The van der Waals surface area contributed by atoms with Crippen molar-refractivity contribution in [1.29, 1.82) is 0 Å². The Labute approximate surface area is 197 Å². The van der Waals surface area contributed by atoms with Gasteiger partial charge in [-0.05, 0) is 59.9 Å². The van der Waals surface area contributed by atoms with Gasteiger partial charge in [0.25, 0.3) is 5.91 Å². The first-order valence-electron chi connectivity index (χ1n) is 10.8. The summed E-state index contributed by atoms with van der Waals surface area (Å²) in [6, 6.07) is 10.2. The second-order valence-electron chi connectivity index (χ2n) is 7.95. The van der Waals surface area contributed by atoms with Crippen molar-refractivity contribution in [2.75, 3.05) is 6.54 Å². The lowest BCUT2D eigenvalue weighted by atomic mass is 10.1. The van der Waals surface area contributed by atoms with Crippen molar-refractivity contribution in [3.05, 3.63) is 76.8 Å². The molecule has 2 aromatic heterocycles. The van der Waals surface area contributed by atoms with E-state index in [4.69, 9.17) is 17.3 Å². The number of halogens is 1. The minimum atomic E-state index is -0.579. The van der Waals surface area contributed by atoms with Gasteiger partial charge < -0.3 is 25.6 Å². The molecule has 0 spiro atoms. The van der Waals surface area contributed by atoms with Crippen molar-refractivity contribution in [2.45, 2.75) is 38.7 Å². The van der Waals surface area contributed by atoms with Gasteiger partial charge in [-0.15, -0.1) is 0 Å². The van der Waals surface area contributed by atoms with Gasteiger partial charge >= 0.3 is 0 Å². The van der Waals surface area contributed by atoms with E-state index in [1.807, 2.05) is 18.2 Å². The summed E-state index contributed by atoms with van der Waals surface area (Å²) in [5.41, 5.74) is 9.57. The van der Waals surface area contributed by atoms with E-state index in [2.05, 4.69) is 10.3 Å². The number of benzene rings is 1. The summed E-state index contributed by atoms with van der Waals surface area (Å²) in [5.74, 6) is -0.507. The Kier molecular flexibility index (Phi) is 7.08. The number of hydrogen-bond acceptors (Lipinski definition) is 5. The normalized spacial score (nSPS) is 15.6. The molecule has 2 amide bonds. The van der Waals surface area contributed by atoms with E-state index in [1.165, 1.54) is 4.57 Å². The Hall–Kier alpha value is -3.20. The second kappa shape index (κ2) is 10.2.